The lowest BCUT2D eigenvalue weighted by atomic mass is 10.1. The number of nitrogens with zero attached hydrogens (tertiary/aromatic N) is 3. The van der Waals surface area contributed by atoms with Crippen LogP contribution in [0.15, 0.2) is 36.5 Å². The molecule has 0 amide bonds. The summed E-state index contributed by atoms with van der Waals surface area (Å²) in [5, 5.41) is 17.4. The zero-order chi connectivity index (χ0) is 16.5. The topological polar surface area (TPSA) is 79.5 Å². The Balaban J connectivity index is 1.50. The van der Waals surface area contributed by atoms with E-state index >= 15 is 0 Å². The predicted molar refractivity (Wildman–Crippen MR) is 94.2 cm³/mol. The van der Waals surface area contributed by atoms with Gasteiger partial charge >= 0.3 is 5.97 Å². The monoisotopic (exact) mass is 340 g/mol. The molecule has 4 rings (SSSR count). The number of imidazole rings is 1. The van der Waals surface area contributed by atoms with E-state index in [0.29, 0.717) is 0 Å². The fraction of sp³-hybridized carbons (Fsp3) is 0.235. The van der Waals surface area contributed by atoms with Crippen molar-refractivity contribution in [1.82, 2.24) is 14.6 Å². The number of carbonyl (C=O) groups is 1. The number of anilines is 1. The second-order valence-corrected chi connectivity index (χ2v) is 6.83. The van der Waals surface area contributed by atoms with Gasteiger partial charge in [-0.1, -0.05) is 35.6 Å². The Kier molecular flexibility index (Phi) is 3.78. The third kappa shape index (κ3) is 3.30. The Bertz CT molecular complexity index is 875. The van der Waals surface area contributed by atoms with E-state index in [1.54, 1.807) is 21.9 Å². The van der Waals surface area contributed by atoms with Crippen molar-refractivity contribution in [2.75, 3.05) is 11.9 Å². The summed E-state index contributed by atoms with van der Waals surface area (Å²) in [4.78, 5) is 16.0. The molecule has 2 N–H and O–H groups in total. The van der Waals surface area contributed by atoms with Gasteiger partial charge in [0.1, 0.15) is 0 Å². The maximum absolute atomic E-state index is 10.5. The molecular weight excluding hydrogens is 324 g/mol. The number of nitrogens with one attached hydrogen (secondary N) is 1. The van der Waals surface area contributed by atoms with Gasteiger partial charge in [-0.25, -0.2) is 14.3 Å². The lowest BCUT2D eigenvalue weighted by Crippen LogP contribution is -2.02. The van der Waals surface area contributed by atoms with Crippen LogP contribution in [0, 0.1) is 5.92 Å². The summed E-state index contributed by atoms with van der Waals surface area (Å²) in [6.45, 7) is 0.995. The summed E-state index contributed by atoms with van der Waals surface area (Å²) >= 11 is 1.55. The summed E-state index contributed by atoms with van der Waals surface area (Å²) in [6, 6.07) is 7.61. The zero-order valence-corrected chi connectivity index (χ0v) is 13.7. The molecule has 122 valence electrons. The van der Waals surface area contributed by atoms with Gasteiger partial charge in [0, 0.05) is 18.2 Å². The first kappa shape index (κ1) is 14.9. The van der Waals surface area contributed by atoms with Crippen LogP contribution in [0.1, 0.15) is 18.4 Å². The number of hydrogen-bond acceptors (Lipinski definition) is 5. The van der Waals surface area contributed by atoms with Gasteiger partial charge < -0.3 is 10.4 Å². The highest BCUT2D eigenvalue weighted by atomic mass is 32.1. The molecule has 0 radical (unpaired) electrons. The molecular formula is C17H16N4O2S. The van der Waals surface area contributed by atoms with Crippen molar-refractivity contribution >= 4 is 33.5 Å². The van der Waals surface area contributed by atoms with Crippen molar-refractivity contribution in [3.63, 3.8) is 0 Å². The average Bonchev–Trinajstić information content (AvgIpc) is 3.20. The van der Waals surface area contributed by atoms with E-state index in [9.17, 15) is 4.79 Å². The van der Waals surface area contributed by atoms with Gasteiger partial charge in [-0.15, -0.1) is 5.10 Å². The molecule has 0 saturated heterocycles. The molecule has 0 aliphatic heterocycles. The van der Waals surface area contributed by atoms with E-state index in [4.69, 9.17) is 5.11 Å². The number of aliphatic carboxylic acids is 1. The molecule has 3 aromatic rings. The first-order valence-corrected chi connectivity index (χ1v) is 8.60. The van der Waals surface area contributed by atoms with Gasteiger partial charge in [-0.3, -0.25) is 0 Å². The van der Waals surface area contributed by atoms with Gasteiger partial charge in [0.2, 0.25) is 10.1 Å². The van der Waals surface area contributed by atoms with Crippen LogP contribution in [0.2, 0.25) is 0 Å². The molecule has 0 spiro atoms. The quantitative estimate of drug-likeness (QED) is 0.673. The zero-order valence-electron chi connectivity index (χ0n) is 12.8. The SMILES string of the molecule is O=C(O)/C=C/c1ccc(-c2cn3nc(NCC4CC4)sc3n2)cc1. The van der Waals surface area contributed by atoms with Crippen LogP contribution in [-0.2, 0) is 4.79 Å². The van der Waals surface area contributed by atoms with E-state index in [-0.39, 0.29) is 0 Å². The van der Waals surface area contributed by atoms with Crippen LogP contribution in [-0.4, -0.2) is 32.2 Å². The van der Waals surface area contributed by atoms with Crippen molar-refractivity contribution in [3.8, 4) is 11.3 Å². The molecule has 2 heterocycles. The summed E-state index contributed by atoms with van der Waals surface area (Å²) < 4.78 is 1.80. The first-order chi connectivity index (χ1) is 11.7. The number of hydrogen-bond donors (Lipinski definition) is 2. The van der Waals surface area contributed by atoms with E-state index in [2.05, 4.69) is 15.4 Å². The standard InChI is InChI=1S/C17H16N4O2S/c22-15(23)8-5-11-3-6-13(7-4-11)14-10-21-17(19-14)24-16(20-21)18-9-12-1-2-12/h3-8,10,12H,1-2,9H2,(H,18,20)(H,22,23)/b8-5+. The number of aromatic nitrogens is 3. The third-order valence-corrected chi connectivity index (χ3v) is 4.79. The van der Waals surface area contributed by atoms with Gasteiger partial charge in [-0.2, -0.15) is 0 Å². The Hall–Kier alpha value is -2.67. The highest BCUT2D eigenvalue weighted by Crippen LogP contribution is 2.30. The average molecular weight is 340 g/mol. The van der Waals surface area contributed by atoms with Crippen LogP contribution < -0.4 is 5.32 Å². The minimum Gasteiger partial charge on any atom is -0.478 e. The van der Waals surface area contributed by atoms with Crippen molar-refractivity contribution < 1.29 is 9.90 Å². The fourth-order valence-electron chi connectivity index (χ4n) is 2.40. The molecule has 2 aromatic heterocycles. The van der Waals surface area contributed by atoms with Crippen molar-refractivity contribution in [3.05, 3.63) is 42.1 Å². The van der Waals surface area contributed by atoms with E-state index in [1.807, 2.05) is 30.5 Å². The van der Waals surface area contributed by atoms with E-state index < -0.39 is 5.97 Å². The van der Waals surface area contributed by atoms with E-state index in [0.717, 1.165) is 45.5 Å². The number of carboxylic acid groups (broad SMARTS) is 1. The molecule has 1 aliphatic rings. The normalized spacial score (nSPS) is 14.5. The van der Waals surface area contributed by atoms with Crippen LogP contribution >= 0.6 is 11.3 Å². The second kappa shape index (κ2) is 6.09. The summed E-state index contributed by atoms with van der Waals surface area (Å²) in [7, 11) is 0. The largest absolute Gasteiger partial charge is 0.478 e. The van der Waals surface area contributed by atoms with Crippen molar-refractivity contribution in [2.45, 2.75) is 12.8 Å². The molecule has 1 aliphatic carbocycles. The maximum Gasteiger partial charge on any atom is 0.328 e. The lowest BCUT2D eigenvalue weighted by molar-refractivity contribution is -0.131. The van der Waals surface area contributed by atoms with Gasteiger partial charge in [0.05, 0.1) is 11.9 Å². The Labute approximate surface area is 142 Å². The van der Waals surface area contributed by atoms with Crippen molar-refractivity contribution in [1.29, 1.82) is 0 Å². The molecule has 24 heavy (non-hydrogen) atoms. The number of benzene rings is 1. The third-order valence-electron chi connectivity index (χ3n) is 3.91. The molecule has 0 bridgehead atoms. The van der Waals surface area contributed by atoms with Crippen LogP contribution in [0.5, 0.6) is 0 Å². The summed E-state index contributed by atoms with van der Waals surface area (Å²) in [5.41, 5.74) is 2.68. The fourth-order valence-corrected chi connectivity index (χ4v) is 3.19. The number of fused-ring (bicyclic) bond motifs is 1. The summed E-state index contributed by atoms with van der Waals surface area (Å²) in [5.74, 6) is -0.143. The predicted octanol–water partition coefficient (Wildman–Crippen LogP) is 3.38. The Morgan fingerprint density at radius 3 is 2.83 bits per heavy atom. The molecule has 1 saturated carbocycles. The Morgan fingerprint density at radius 1 is 1.38 bits per heavy atom. The molecule has 1 aromatic carbocycles. The summed E-state index contributed by atoms with van der Waals surface area (Å²) in [6.07, 6.45) is 7.24. The lowest BCUT2D eigenvalue weighted by Gasteiger charge is -1.98. The number of carboxylic acids is 1. The van der Waals surface area contributed by atoms with Gasteiger partial charge in [0.25, 0.3) is 0 Å². The molecule has 6 nitrogen and oxygen atoms in total. The van der Waals surface area contributed by atoms with E-state index in [1.165, 1.54) is 12.8 Å². The van der Waals surface area contributed by atoms with Crippen LogP contribution in [0.4, 0.5) is 5.13 Å². The van der Waals surface area contributed by atoms with Crippen LogP contribution in [0.3, 0.4) is 0 Å². The first-order valence-electron chi connectivity index (χ1n) is 7.79. The maximum atomic E-state index is 10.5. The molecule has 0 atom stereocenters. The van der Waals surface area contributed by atoms with Gasteiger partial charge in [0.15, 0.2) is 0 Å². The Morgan fingerprint density at radius 2 is 2.17 bits per heavy atom. The highest BCUT2D eigenvalue weighted by molar-refractivity contribution is 7.20. The van der Waals surface area contributed by atoms with Gasteiger partial charge in [-0.05, 0) is 30.4 Å². The minimum absolute atomic E-state index is 0.811. The minimum atomic E-state index is -0.953. The second-order valence-electron chi connectivity index (χ2n) is 5.88. The number of rotatable bonds is 6. The molecule has 1 fully saturated rings. The molecule has 7 heteroatoms. The smallest absolute Gasteiger partial charge is 0.328 e. The highest BCUT2D eigenvalue weighted by Gasteiger charge is 2.21. The van der Waals surface area contributed by atoms with Crippen molar-refractivity contribution in [2.24, 2.45) is 5.92 Å². The van der Waals surface area contributed by atoms with Crippen LogP contribution in [0.25, 0.3) is 22.3 Å². The molecule has 0 unspecified atom stereocenters.